The number of hydrogen-bond donors (Lipinski definition) is 2. The summed E-state index contributed by atoms with van der Waals surface area (Å²) in [5, 5.41) is 11.6. The van der Waals surface area contributed by atoms with Crippen molar-refractivity contribution in [2.24, 2.45) is 17.0 Å². The molecule has 0 spiro atoms. The Labute approximate surface area is 229 Å². The topological polar surface area (TPSA) is 99.4 Å². The van der Waals surface area contributed by atoms with E-state index in [9.17, 15) is 4.79 Å². The van der Waals surface area contributed by atoms with Crippen LogP contribution in [0.3, 0.4) is 0 Å². The minimum Gasteiger partial charge on any atom is -0.494 e. The first kappa shape index (κ1) is 27.6. The number of benzene rings is 2. The smallest absolute Gasteiger partial charge is 0.247 e. The number of nitrogens with one attached hydrogen (secondary N) is 2. The molecule has 1 fully saturated rings. The number of likely N-dealkylation sites (N-methyl/N-ethyl adjacent to an activating group) is 1. The van der Waals surface area contributed by atoms with Gasteiger partial charge in [-0.2, -0.15) is 5.10 Å². The van der Waals surface area contributed by atoms with Crippen molar-refractivity contribution in [1.82, 2.24) is 14.7 Å². The number of amides is 1. The number of anilines is 3. The fourth-order valence-electron chi connectivity index (χ4n) is 4.67. The third-order valence-electron chi connectivity index (χ3n) is 6.91. The Morgan fingerprint density at radius 1 is 1.15 bits per heavy atom. The van der Waals surface area contributed by atoms with E-state index >= 15 is 0 Å². The number of aromatic nitrogens is 2. The Morgan fingerprint density at radius 2 is 1.92 bits per heavy atom. The molecule has 0 atom stereocenters. The Balaban J connectivity index is 1.67. The highest BCUT2D eigenvalue weighted by Gasteiger charge is 2.22. The van der Waals surface area contributed by atoms with Crippen LogP contribution < -0.4 is 20.3 Å². The van der Waals surface area contributed by atoms with Crippen LogP contribution in [0.4, 0.5) is 17.1 Å². The standard InChI is InChI=1S/C29H36N8O2/c1-7-29(38)34-23-16-24(27(39-6)18-26(23)37-13-11-36(8-2)12-14-37)33-28(31-4)17-22(30-3)20-9-10-25-21(15-20)19-32-35(25)5/h7,9-10,15-19,33H,1,4,8,11-14H2,2-3,5-6H3,(H,34,38)/b28-17+,30-22?. The molecule has 3 aromatic rings. The molecule has 0 radical (unpaired) electrons. The van der Waals surface area contributed by atoms with Gasteiger partial charge in [-0.25, -0.2) is 4.99 Å². The molecule has 1 aliphatic heterocycles. The number of aryl methyl sites for hydroxylation is 1. The maximum atomic E-state index is 12.3. The summed E-state index contributed by atoms with van der Waals surface area (Å²) < 4.78 is 7.59. The lowest BCUT2D eigenvalue weighted by Gasteiger charge is -2.36. The number of nitrogens with zero attached hydrogens (tertiary/aromatic N) is 6. The quantitative estimate of drug-likeness (QED) is 0.306. The molecular weight excluding hydrogens is 492 g/mol. The molecule has 1 saturated heterocycles. The molecule has 0 bridgehead atoms. The molecule has 39 heavy (non-hydrogen) atoms. The van der Waals surface area contributed by atoms with E-state index < -0.39 is 0 Å². The van der Waals surface area contributed by atoms with Crippen LogP contribution >= 0.6 is 0 Å². The van der Waals surface area contributed by atoms with Gasteiger partial charge in [0, 0.05) is 63.4 Å². The van der Waals surface area contributed by atoms with Crippen LogP contribution in [0.5, 0.6) is 5.75 Å². The summed E-state index contributed by atoms with van der Waals surface area (Å²) in [6, 6.07) is 9.85. The monoisotopic (exact) mass is 528 g/mol. The van der Waals surface area contributed by atoms with Gasteiger partial charge in [-0.1, -0.05) is 19.6 Å². The molecule has 2 aromatic carbocycles. The Morgan fingerprint density at radius 3 is 2.56 bits per heavy atom. The normalized spacial score (nSPS) is 14.8. The lowest BCUT2D eigenvalue weighted by Crippen LogP contribution is -2.46. The van der Waals surface area contributed by atoms with Gasteiger partial charge in [-0.15, -0.1) is 0 Å². The first-order valence-electron chi connectivity index (χ1n) is 12.9. The van der Waals surface area contributed by atoms with Gasteiger partial charge in [0.25, 0.3) is 0 Å². The van der Waals surface area contributed by atoms with Crippen molar-refractivity contribution in [3.8, 4) is 5.75 Å². The van der Waals surface area contributed by atoms with Gasteiger partial charge in [0.2, 0.25) is 5.91 Å². The van der Waals surface area contributed by atoms with Gasteiger partial charge in [-0.3, -0.25) is 14.5 Å². The lowest BCUT2D eigenvalue weighted by atomic mass is 10.1. The zero-order valence-electron chi connectivity index (χ0n) is 23.1. The average Bonchev–Trinajstić information content (AvgIpc) is 3.34. The van der Waals surface area contributed by atoms with Crippen molar-refractivity contribution in [3.05, 3.63) is 66.6 Å². The molecule has 1 aliphatic rings. The van der Waals surface area contributed by atoms with Crippen LogP contribution in [0.2, 0.25) is 0 Å². The van der Waals surface area contributed by atoms with Crippen molar-refractivity contribution in [2.45, 2.75) is 6.92 Å². The fourth-order valence-corrected chi connectivity index (χ4v) is 4.67. The molecule has 0 aliphatic carbocycles. The summed E-state index contributed by atoms with van der Waals surface area (Å²) in [6.45, 7) is 14.1. The van der Waals surface area contributed by atoms with E-state index in [0.29, 0.717) is 22.9 Å². The molecule has 0 unspecified atom stereocenters. The summed E-state index contributed by atoms with van der Waals surface area (Å²) in [7, 11) is 5.26. The van der Waals surface area contributed by atoms with Crippen molar-refractivity contribution >= 4 is 46.3 Å². The number of fused-ring (bicyclic) bond motifs is 1. The Bertz CT molecular complexity index is 1430. The number of ether oxygens (including phenoxy) is 1. The van der Waals surface area contributed by atoms with E-state index in [0.717, 1.165) is 60.6 Å². The van der Waals surface area contributed by atoms with E-state index in [1.54, 1.807) is 14.2 Å². The first-order chi connectivity index (χ1) is 18.9. The van der Waals surface area contributed by atoms with Gasteiger partial charge < -0.3 is 25.2 Å². The summed E-state index contributed by atoms with van der Waals surface area (Å²) in [5.41, 5.74) is 4.86. The molecule has 10 nitrogen and oxygen atoms in total. The summed E-state index contributed by atoms with van der Waals surface area (Å²) >= 11 is 0. The van der Waals surface area contributed by atoms with Crippen molar-refractivity contribution in [1.29, 1.82) is 0 Å². The SMILES string of the molecule is C=CC(=O)Nc1cc(N/C(=C/C(=NC)c2ccc3c(cnn3C)c2)N=C)c(OC)cc1N1CCN(CC)CC1. The number of allylic oxidation sites excluding steroid dienone is 1. The number of carbonyl (C=O) groups excluding carboxylic acids is 1. The van der Waals surface area contributed by atoms with Crippen LogP contribution in [0.15, 0.2) is 71.1 Å². The highest BCUT2D eigenvalue weighted by atomic mass is 16.5. The fraction of sp³-hybridized carbons (Fsp3) is 0.310. The van der Waals surface area contributed by atoms with Gasteiger partial charge in [0.05, 0.1) is 41.6 Å². The van der Waals surface area contributed by atoms with Crippen molar-refractivity contribution < 1.29 is 9.53 Å². The van der Waals surface area contributed by atoms with E-state index in [1.165, 1.54) is 6.08 Å². The second-order valence-corrected chi connectivity index (χ2v) is 9.15. The predicted octanol–water partition coefficient (Wildman–Crippen LogP) is 3.92. The zero-order chi connectivity index (χ0) is 27.9. The Kier molecular flexibility index (Phi) is 8.77. The third-order valence-corrected chi connectivity index (χ3v) is 6.91. The highest BCUT2D eigenvalue weighted by molar-refractivity contribution is 6.11. The van der Waals surface area contributed by atoms with Crippen LogP contribution in [0.1, 0.15) is 12.5 Å². The predicted molar refractivity (Wildman–Crippen MR) is 161 cm³/mol. The van der Waals surface area contributed by atoms with E-state index in [-0.39, 0.29) is 5.91 Å². The third kappa shape index (κ3) is 6.18. The molecule has 204 valence electrons. The number of hydrogen-bond acceptors (Lipinski definition) is 8. The minimum atomic E-state index is -0.289. The molecule has 1 amide bonds. The summed E-state index contributed by atoms with van der Waals surface area (Å²) in [4.78, 5) is 25.7. The van der Waals surface area contributed by atoms with Crippen molar-refractivity contribution in [2.75, 3.05) is 62.4 Å². The molecule has 2 N–H and O–H groups in total. The van der Waals surface area contributed by atoms with Gasteiger partial charge in [0.15, 0.2) is 0 Å². The van der Waals surface area contributed by atoms with Crippen molar-refractivity contribution in [3.63, 3.8) is 0 Å². The van der Waals surface area contributed by atoms with Crippen LogP contribution in [0.25, 0.3) is 10.9 Å². The number of carbonyl (C=O) groups is 1. The molecule has 2 heterocycles. The Hall–Kier alpha value is -4.44. The number of rotatable bonds is 10. The van der Waals surface area contributed by atoms with Gasteiger partial charge in [0.1, 0.15) is 11.6 Å². The van der Waals surface area contributed by atoms with Crippen LogP contribution in [-0.4, -0.2) is 79.9 Å². The van der Waals surface area contributed by atoms with E-state index in [1.807, 2.05) is 54.3 Å². The van der Waals surface area contributed by atoms with Crippen LogP contribution in [-0.2, 0) is 11.8 Å². The number of aliphatic imine (C=N–C) groups is 2. The molecule has 4 rings (SSSR count). The highest BCUT2D eigenvalue weighted by Crippen LogP contribution is 2.38. The average molecular weight is 529 g/mol. The number of piperazine rings is 1. The lowest BCUT2D eigenvalue weighted by molar-refractivity contribution is -0.111. The van der Waals surface area contributed by atoms with Gasteiger partial charge in [-0.05, 0) is 37.5 Å². The summed E-state index contributed by atoms with van der Waals surface area (Å²) in [5.74, 6) is 0.801. The van der Waals surface area contributed by atoms with Gasteiger partial charge >= 0.3 is 0 Å². The molecule has 10 heteroatoms. The maximum absolute atomic E-state index is 12.3. The minimum absolute atomic E-state index is 0.289. The van der Waals surface area contributed by atoms with E-state index in [2.05, 4.69) is 55.7 Å². The molecule has 1 aromatic heterocycles. The zero-order valence-corrected chi connectivity index (χ0v) is 23.1. The molecule has 0 saturated carbocycles. The number of methoxy groups -OCH3 is 1. The largest absolute Gasteiger partial charge is 0.494 e. The second-order valence-electron chi connectivity index (χ2n) is 9.15. The second kappa shape index (κ2) is 12.4. The maximum Gasteiger partial charge on any atom is 0.247 e. The van der Waals surface area contributed by atoms with E-state index in [4.69, 9.17) is 4.74 Å². The first-order valence-corrected chi connectivity index (χ1v) is 12.9. The van der Waals surface area contributed by atoms with Crippen LogP contribution in [0, 0.1) is 0 Å². The molecular formula is C29H36N8O2. The summed E-state index contributed by atoms with van der Waals surface area (Å²) in [6.07, 6.45) is 4.91.